The number of fused-ring (bicyclic) bond motifs is 1. The molecular formula is C15H18O4. The minimum absolute atomic E-state index is 0.0951. The monoisotopic (exact) mass is 262 g/mol. The van der Waals surface area contributed by atoms with E-state index in [1.807, 2.05) is 6.92 Å². The van der Waals surface area contributed by atoms with Gasteiger partial charge in [0.05, 0.1) is 17.2 Å². The first kappa shape index (κ1) is 13.6. The number of hydrogen-bond donors (Lipinski definition) is 0. The Morgan fingerprint density at radius 3 is 2.63 bits per heavy atom. The third-order valence-electron chi connectivity index (χ3n) is 3.17. The molecule has 1 aromatic rings. The molecular weight excluding hydrogens is 244 g/mol. The van der Waals surface area contributed by atoms with Crippen LogP contribution in [0.2, 0.25) is 0 Å². The van der Waals surface area contributed by atoms with Gasteiger partial charge in [-0.15, -0.1) is 0 Å². The third-order valence-corrected chi connectivity index (χ3v) is 3.17. The lowest BCUT2D eigenvalue weighted by molar-refractivity contribution is 0.0443. The molecule has 0 spiro atoms. The molecule has 1 aromatic carbocycles. The Morgan fingerprint density at radius 2 is 1.89 bits per heavy atom. The van der Waals surface area contributed by atoms with Gasteiger partial charge < -0.3 is 9.47 Å². The van der Waals surface area contributed by atoms with Gasteiger partial charge in [0.2, 0.25) is 0 Å². The Balaban J connectivity index is 2.01. The fourth-order valence-electron chi connectivity index (χ4n) is 2.11. The zero-order valence-electron chi connectivity index (χ0n) is 11.3. The zero-order chi connectivity index (χ0) is 13.8. The molecule has 0 fully saturated rings. The first-order valence-electron chi connectivity index (χ1n) is 6.69. The van der Waals surface area contributed by atoms with Crippen LogP contribution in [0, 0.1) is 0 Å². The van der Waals surface area contributed by atoms with Crippen molar-refractivity contribution in [2.24, 2.45) is 0 Å². The summed E-state index contributed by atoms with van der Waals surface area (Å²) >= 11 is 0. The number of carbonyl (C=O) groups is 2. The van der Waals surface area contributed by atoms with Crippen molar-refractivity contribution in [3.63, 3.8) is 0 Å². The van der Waals surface area contributed by atoms with Gasteiger partial charge >= 0.3 is 11.9 Å². The molecule has 0 saturated carbocycles. The van der Waals surface area contributed by atoms with Crippen molar-refractivity contribution in [3.8, 4) is 5.75 Å². The SMILES string of the molecule is CCCCCC(C)Oc1ccc2c(c1)C(=O)OC2=O. The molecule has 0 aliphatic carbocycles. The summed E-state index contributed by atoms with van der Waals surface area (Å²) in [5, 5.41) is 0. The fourth-order valence-corrected chi connectivity index (χ4v) is 2.11. The van der Waals surface area contributed by atoms with Crippen LogP contribution < -0.4 is 4.74 Å². The van der Waals surface area contributed by atoms with Crippen molar-refractivity contribution in [1.29, 1.82) is 0 Å². The highest BCUT2D eigenvalue weighted by atomic mass is 16.6. The summed E-state index contributed by atoms with van der Waals surface area (Å²) in [7, 11) is 0. The van der Waals surface area contributed by atoms with Crippen LogP contribution in [0.3, 0.4) is 0 Å². The van der Waals surface area contributed by atoms with Crippen LogP contribution in [0.4, 0.5) is 0 Å². The van der Waals surface area contributed by atoms with Crippen molar-refractivity contribution in [3.05, 3.63) is 29.3 Å². The average molecular weight is 262 g/mol. The standard InChI is InChI=1S/C15H18O4/c1-3-4-5-6-10(2)18-11-7-8-12-13(9-11)15(17)19-14(12)16/h7-10H,3-6H2,1-2H3. The maximum absolute atomic E-state index is 11.4. The quantitative estimate of drug-likeness (QED) is 0.448. The van der Waals surface area contributed by atoms with Crippen LogP contribution in [0.25, 0.3) is 0 Å². The number of carbonyl (C=O) groups excluding carboxylic acids is 2. The molecule has 0 bridgehead atoms. The molecule has 1 heterocycles. The van der Waals surface area contributed by atoms with Gasteiger partial charge in [-0.25, -0.2) is 9.59 Å². The Kier molecular flexibility index (Phi) is 4.20. The van der Waals surface area contributed by atoms with E-state index >= 15 is 0 Å². The molecule has 102 valence electrons. The molecule has 1 unspecified atom stereocenters. The van der Waals surface area contributed by atoms with E-state index in [1.165, 1.54) is 12.8 Å². The van der Waals surface area contributed by atoms with Gasteiger partial charge in [0.1, 0.15) is 5.75 Å². The van der Waals surface area contributed by atoms with E-state index in [1.54, 1.807) is 18.2 Å². The Bertz CT molecular complexity index is 493. The van der Waals surface area contributed by atoms with Gasteiger partial charge in [0.25, 0.3) is 0 Å². The van der Waals surface area contributed by atoms with Crippen LogP contribution in [0.15, 0.2) is 18.2 Å². The Labute approximate surface area is 112 Å². The molecule has 4 heteroatoms. The van der Waals surface area contributed by atoms with Crippen molar-refractivity contribution in [2.75, 3.05) is 0 Å². The molecule has 0 amide bonds. The van der Waals surface area contributed by atoms with Gasteiger partial charge in [0, 0.05) is 0 Å². The van der Waals surface area contributed by atoms with Crippen molar-refractivity contribution in [1.82, 2.24) is 0 Å². The molecule has 1 atom stereocenters. The van der Waals surface area contributed by atoms with E-state index in [4.69, 9.17) is 4.74 Å². The van der Waals surface area contributed by atoms with Gasteiger partial charge in [-0.1, -0.05) is 19.8 Å². The number of ether oxygens (including phenoxy) is 2. The largest absolute Gasteiger partial charge is 0.491 e. The summed E-state index contributed by atoms with van der Waals surface area (Å²) in [6.07, 6.45) is 4.58. The van der Waals surface area contributed by atoms with Crippen LogP contribution in [-0.2, 0) is 4.74 Å². The summed E-state index contributed by atoms with van der Waals surface area (Å²) in [4.78, 5) is 22.7. The van der Waals surface area contributed by atoms with Gasteiger partial charge in [-0.05, 0) is 38.0 Å². The smallest absolute Gasteiger partial charge is 0.347 e. The van der Waals surface area contributed by atoms with Gasteiger partial charge in [0.15, 0.2) is 0 Å². The number of benzene rings is 1. The van der Waals surface area contributed by atoms with E-state index in [0.29, 0.717) is 16.9 Å². The summed E-state index contributed by atoms with van der Waals surface area (Å²) < 4.78 is 10.3. The zero-order valence-corrected chi connectivity index (χ0v) is 11.3. The summed E-state index contributed by atoms with van der Waals surface area (Å²) in [6.45, 7) is 4.17. The topological polar surface area (TPSA) is 52.6 Å². The van der Waals surface area contributed by atoms with E-state index in [0.717, 1.165) is 12.8 Å². The highest BCUT2D eigenvalue weighted by Crippen LogP contribution is 2.25. The normalized spacial score (nSPS) is 15.1. The van der Waals surface area contributed by atoms with Crippen LogP contribution in [0.1, 0.15) is 60.2 Å². The van der Waals surface area contributed by atoms with Gasteiger partial charge in [-0.3, -0.25) is 0 Å². The van der Waals surface area contributed by atoms with E-state index in [-0.39, 0.29) is 6.10 Å². The van der Waals surface area contributed by atoms with Crippen molar-refractivity contribution < 1.29 is 19.1 Å². The van der Waals surface area contributed by atoms with Crippen LogP contribution >= 0.6 is 0 Å². The molecule has 0 radical (unpaired) electrons. The molecule has 1 aliphatic heterocycles. The lowest BCUT2D eigenvalue weighted by Crippen LogP contribution is -2.11. The molecule has 1 aliphatic rings. The fraction of sp³-hybridized carbons (Fsp3) is 0.467. The second kappa shape index (κ2) is 5.87. The highest BCUT2D eigenvalue weighted by Gasteiger charge is 2.29. The molecule has 0 N–H and O–H groups in total. The summed E-state index contributed by atoms with van der Waals surface area (Å²) in [5.74, 6) is -0.568. The Morgan fingerprint density at radius 1 is 1.16 bits per heavy atom. The first-order valence-corrected chi connectivity index (χ1v) is 6.69. The van der Waals surface area contributed by atoms with Crippen molar-refractivity contribution >= 4 is 11.9 Å². The number of hydrogen-bond acceptors (Lipinski definition) is 4. The van der Waals surface area contributed by atoms with E-state index < -0.39 is 11.9 Å². The number of rotatable bonds is 6. The molecule has 19 heavy (non-hydrogen) atoms. The maximum atomic E-state index is 11.4. The lowest BCUT2D eigenvalue weighted by atomic mass is 10.1. The van der Waals surface area contributed by atoms with Crippen LogP contribution in [0.5, 0.6) is 5.75 Å². The summed E-state index contributed by atoms with van der Waals surface area (Å²) in [6, 6.07) is 4.87. The highest BCUT2D eigenvalue weighted by molar-refractivity contribution is 6.14. The molecule has 0 aromatic heterocycles. The predicted octanol–water partition coefficient (Wildman–Crippen LogP) is 3.34. The van der Waals surface area contributed by atoms with Crippen molar-refractivity contribution in [2.45, 2.75) is 45.6 Å². The maximum Gasteiger partial charge on any atom is 0.347 e. The number of cyclic esters (lactones) is 2. The Hall–Kier alpha value is -1.84. The molecule has 2 rings (SSSR count). The van der Waals surface area contributed by atoms with Gasteiger partial charge in [-0.2, -0.15) is 0 Å². The number of unbranched alkanes of at least 4 members (excludes halogenated alkanes) is 2. The minimum atomic E-state index is -0.593. The number of esters is 2. The predicted molar refractivity (Wildman–Crippen MR) is 70.4 cm³/mol. The second-order valence-electron chi connectivity index (χ2n) is 4.81. The lowest BCUT2D eigenvalue weighted by Gasteiger charge is -2.14. The summed E-state index contributed by atoms with van der Waals surface area (Å²) in [5.41, 5.74) is 0.610. The van der Waals surface area contributed by atoms with Crippen LogP contribution in [-0.4, -0.2) is 18.0 Å². The first-order chi connectivity index (χ1) is 9.11. The second-order valence-corrected chi connectivity index (χ2v) is 4.81. The van der Waals surface area contributed by atoms with E-state index in [2.05, 4.69) is 11.7 Å². The third kappa shape index (κ3) is 3.13. The minimum Gasteiger partial charge on any atom is -0.491 e. The molecule has 4 nitrogen and oxygen atoms in total. The molecule has 0 saturated heterocycles. The van der Waals surface area contributed by atoms with E-state index in [9.17, 15) is 9.59 Å². The average Bonchev–Trinajstić information content (AvgIpc) is 2.65.